The van der Waals surface area contributed by atoms with Gasteiger partial charge in [0.05, 0.1) is 0 Å². The molecule has 8 heteroatoms. The first-order chi connectivity index (χ1) is 8.22. The Balaban J connectivity index is 0. The minimum Gasteiger partial charge on any atom is -0.465 e. The third-order valence-corrected chi connectivity index (χ3v) is 1.23. The van der Waals surface area contributed by atoms with Crippen LogP contribution in [0.2, 0.25) is 0 Å². The maximum atomic E-state index is 10.8. The van der Waals surface area contributed by atoms with Crippen molar-refractivity contribution in [2.75, 3.05) is 26.2 Å². The van der Waals surface area contributed by atoms with Crippen LogP contribution < -0.4 is 22.1 Å². The van der Waals surface area contributed by atoms with Crippen molar-refractivity contribution in [3.05, 3.63) is 0 Å². The Kier molecular flexibility index (Phi) is 11.1. The van der Waals surface area contributed by atoms with Gasteiger partial charge in [-0.1, -0.05) is 0 Å². The molecule has 0 bridgehead atoms. The van der Waals surface area contributed by atoms with Gasteiger partial charge in [-0.3, -0.25) is 0 Å². The third kappa shape index (κ3) is 19.9. The molecule has 0 heterocycles. The molecule has 0 saturated carbocycles. The Morgan fingerprint density at radius 1 is 1.11 bits per heavy atom. The van der Waals surface area contributed by atoms with E-state index in [1.165, 1.54) is 0 Å². The van der Waals surface area contributed by atoms with E-state index in [1.54, 1.807) is 0 Å². The molecule has 0 rings (SSSR count). The van der Waals surface area contributed by atoms with Crippen molar-refractivity contribution in [3.63, 3.8) is 0 Å². The van der Waals surface area contributed by atoms with Gasteiger partial charge in [-0.15, -0.1) is 0 Å². The van der Waals surface area contributed by atoms with Gasteiger partial charge in [0.2, 0.25) is 0 Å². The van der Waals surface area contributed by atoms with Gasteiger partial charge in [0.15, 0.2) is 0 Å². The number of nitrogens with two attached hydrogens (primary N) is 2. The Morgan fingerprint density at radius 3 is 1.83 bits per heavy atom. The number of nitrogens with one attached hydrogen (secondary N) is 2. The molecule has 0 aromatic rings. The Bertz CT molecular complexity index is 241. The predicted octanol–water partition coefficient (Wildman–Crippen LogP) is -0.317. The molecule has 0 aliphatic rings. The smallest absolute Gasteiger partial charge is 0.407 e. The number of hydrogen-bond acceptors (Lipinski definition) is 5. The second-order valence-corrected chi connectivity index (χ2v) is 4.24. The number of amides is 2. The van der Waals surface area contributed by atoms with E-state index in [9.17, 15) is 9.59 Å². The van der Waals surface area contributed by atoms with Crippen LogP contribution >= 0.6 is 0 Å². The van der Waals surface area contributed by atoms with Gasteiger partial charge >= 0.3 is 12.2 Å². The van der Waals surface area contributed by atoms with Crippen molar-refractivity contribution in [1.29, 1.82) is 0 Å². The van der Waals surface area contributed by atoms with Crippen LogP contribution in [0, 0.1) is 0 Å². The normalized spacial score (nSPS) is 9.83. The average molecular weight is 264 g/mol. The molecular formula is C10H24N4O4. The zero-order valence-corrected chi connectivity index (χ0v) is 11.2. The number of rotatable bonds is 4. The first-order valence-corrected chi connectivity index (χ1v) is 5.56. The molecule has 0 fully saturated rings. The topological polar surface area (TPSA) is 140 Å². The lowest BCUT2D eigenvalue weighted by Crippen LogP contribution is -2.35. The van der Waals surface area contributed by atoms with Crippen LogP contribution in [0.25, 0.3) is 0 Å². The summed E-state index contributed by atoms with van der Waals surface area (Å²) in [5.41, 5.74) is 9.69. The summed E-state index contributed by atoms with van der Waals surface area (Å²) in [6, 6.07) is 0. The van der Waals surface area contributed by atoms with Gasteiger partial charge in [-0.25, -0.2) is 9.59 Å². The van der Waals surface area contributed by atoms with E-state index in [0.29, 0.717) is 26.2 Å². The molecule has 0 aromatic carbocycles. The lowest BCUT2D eigenvalue weighted by atomic mass is 10.2. The van der Waals surface area contributed by atoms with Gasteiger partial charge in [0, 0.05) is 26.2 Å². The molecule has 108 valence electrons. The van der Waals surface area contributed by atoms with Crippen LogP contribution in [0.1, 0.15) is 20.8 Å². The molecule has 8 nitrogen and oxygen atoms in total. The van der Waals surface area contributed by atoms with Crippen molar-refractivity contribution in [1.82, 2.24) is 10.6 Å². The number of carbonyl (C=O) groups is 2. The molecule has 0 radical (unpaired) electrons. The van der Waals surface area contributed by atoms with E-state index >= 15 is 0 Å². The molecule has 0 saturated heterocycles. The monoisotopic (exact) mass is 264 g/mol. The van der Waals surface area contributed by atoms with E-state index in [2.05, 4.69) is 10.6 Å². The summed E-state index contributed by atoms with van der Waals surface area (Å²) >= 11 is 0. The zero-order valence-electron chi connectivity index (χ0n) is 11.2. The Morgan fingerprint density at radius 2 is 1.56 bits per heavy atom. The van der Waals surface area contributed by atoms with Crippen LogP contribution in [0.15, 0.2) is 0 Å². The van der Waals surface area contributed by atoms with Crippen LogP contribution in [0.4, 0.5) is 9.59 Å². The SMILES string of the molecule is CC(C)(C)OC(=O)NCCN.NCCNC(=O)O. The minimum absolute atomic E-state index is 0.329. The maximum Gasteiger partial charge on any atom is 0.407 e. The van der Waals surface area contributed by atoms with E-state index < -0.39 is 17.8 Å². The molecule has 7 N–H and O–H groups in total. The van der Waals surface area contributed by atoms with Crippen molar-refractivity contribution in [2.45, 2.75) is 26.4 Å². The quantitative estimate of drug-likeness (QED) is 0.471. The van der Waals surface area contributed by atoms with E-state index in [-0.39, 0.29) is 0 Å². The van der Waals surface area contributed by atoms with Crippen LogP contribution in [0.5, 0.6) is 0 Å². The van der Waals surface area contributed by atoms with Gasteiger partial charge in [0.1, 0.15) is 5.60 Å². The second kappa shape index (κ2) is 10.6. The van der Waals surface area contributed by atoms with Gasteiger partial charge in [-0.05, 0) is 20.8 Å². The molecule has 0 aliphatic carbocycles. The third-order valence-electron chi connectivity index (χ3n) is 1.23. The summed E-state index contributed by atoms with van der Waals surface area (Å²) in [7, 11) is 0. The standard InChI is InChI=1S/C7H16N2O2.C3H8N2O2/c1-7(2,3)11-6(10)9-5-4-8;4-1-2-5-3(6)7/h4-5,8H2,1-3H3,(H,9,10);5H,1-2,4H2,(H,6,7). The van der Waals surface area contributed by atoms with E-state index in [4.69, 9.17) is 21.3 Å². The number of carbonyl (C=O) groups excluding carboxylic acids is 1. The Labute approximate surface area is 107 Å². The summed E-state index contributed by atoms with van der Waals surface area (Å²) in [6.45, 7) is 7.01. The van der Waals surface area contributed by atoms with Crippen LogP contribution in [-0.2, 0) is 4.74 Å². The van der Waals surface area contributed by atoms with Crippen molar-refractivity contribution in [2.24, 2.45) is 11.5 Å². The summed E-state index contributed by atoms with van der Waals surface area (Å²) in [4.78, 5) is 20.4. The van der Waals surface area contributed by atoms with Gasteiger partial charge in [-0.2, -0.15) is 0 Å². The highest BCUT2D eigenvalue weighted by Crippen LogP contribution is 2.05. The van der Waals surface area contributed by atoms with Crippen molar-refractivity contribution in [3.8, 4) is 0 Å². The lowest BCUT2D eigenvalue weighted by molar-refractivity contribution is 0.0529. The van der Waals surface area contributed by atoms with E-state index in [1.807, 2.05) is 20.8 Å². The van der Waals surface area contributed by atoms with Crippen molar-refractivity contribution >= 4 is 12.2 Å². The van der Waals surface area contributed by atoms with Crippen LogP contribution in [0.3, 0.4) is 0 Å². The molecule has 0 spiro atoms. The summed E-state index contributed by atoms with van der Waals surface area (Å²) in [5.74, 6) is 0. The minimum atomic E-state index is -1.02. The summed E-state index contributed by atoms with van der Waals surface area (Å²) in [5, 5.41) is 12.5. The predicted molar refractivity (Wildman–Crippen MR) is 68.4 cm³/mol. The molecule has 18 heavy (non-hydrogen) atoms. The Hall–Kier alpha value is -1.54. The fourth-order valence-corrected chi connectivity index (χ4v) is 0.668. The highest BCUT2D eigenvalue weighted by Gasteiger charge is 2.14. The zero-order chi connectivity index (χ0) is 14.6. The molecule has 0 aliphatic heterocycles. The average Bonchev–Trinajstić information content (AvgIpc) is 2.22. The number of carboxylic acid groups (broad SMARTS) is 1. The summed E-state index contributed by atoms with van der Waals surface area (Å²) < 4.78 is 4.93. The largest absolute Gasteiger partial charge is 0.465 e. The number of hydrogen-bond donors (Lipinski definition) is 5. The number of ether oxygens (including phenoxy) is 1. The molecule has 2 amide bonds. The second-order valence-electron chi connectivity index (χ2n) is 4.24. The fourth-order valence-electron chi connectivity index (χ4n) is 0.668. The number of alkyl carbamates (subject to hydrolysis) is 1. The fraction of sp³-hybridized carbons (Fsp3) is 0.800. The summed E-state index contributed by atoms with van der Waals surface area (Å²) in [6.07, 6.45) is -1.44. The highest BCUT2D eigenvalue weighted by atomic mass is 16.6. The molecule has 0 unspecified atom stereocenters. The molecule has 0 aromatic heterocycles. The van der Waals surface area contributed by atoms with E-state index in [0.717, 1.165) is 0 Å². The first kappa shape index (κ1) is 18.8. The van der Waals surface area contributed by atoms with Gasteiger partial charge < -0.3 is 31.9 Å². The first-order valence-electron chi connectivity index (χ1n) is 5.56. The van der Waals surface area contributed by atoms with Crippen molar-refractivity contribution < 1.29 is 19.4 Å². The van der Waals surface area contributed by atoms with Gasteiger partial charge in [0.25, 0.3) is 0 Å². The molecule has 0 atom stereocenters. The lowest BCUT2D eigenvalue weighted by Gasteiger charge is -2.19. The van der Waals surface area contributed by atoms with Crippen LogP contribution in [-0.4, -0.2) is 49.1 Å². The molecular weight excluding hydrogens is 240 g/mol. The highest BCUT2D eigenvalue weighted by molar-refractivity contribution is 5.67. The maximum absolute atomic E-state index is 10.8.